The van der Waals surface area contributed by atoms with E-state index in [4.69, 9.17) is 14.2 Å². The molecule has 9 heteroatoms. The van der Waals surface area contributed by atoms with E-state index in [1.807, 2.05) is 0 Å². The highest BCUT2D eigenvalue weighted by Crippen LogP contribution is 2.34. The average Bonchev–Trinajstić information content (AvgIpc) is 3.21. The Morgan fingerprint density at radius 3 is 2.37 bits per heavy atom. The zero-order valence-corrected chi connectivity index (χ0v) is 17.3. The first kappa shape index (κ1) is 21.3. The molecular formula is C21H19FN2O5S. The van der Waals surface area contributed by atoms with Crippen LogP contribution in [0.5, 0.6) is 11.5 Å². The molecule has 0 atom stereocenters. The van der Waals surface area contributed by atoms with Crippen LogP contribution < -0.4 is 14.8 Å². The average molecular weight is 430 g/mol. The number of hydrogen-bond acceptors (Lipinski definition) is 7. The topological polar surface area (TPSA) is 86.8 Å². The molecule has 1 amide bonds. The Hall–Kier alpha value is -3.46. The normalized spacial score (nSPS) is 10.4. The van der Waals surface area contributed by atoms with Crippen LogP contribution in [0.2, 0.25) is 0 Å². The summed E-state index contributed by atoms with van der Waals surface area (Å²) >= 11 is 1.36. The third-order valence-corrected chi connectivity index (χ3v) is 5.13. The van der Waals surface area contributed by atoms with Gasteiger partial charge in [0.15, 0.2) is 11.5 Å². The summed E-state index contributed by atoms with van der Waals surface area (Å²) in [6, 6.07) is 8.90. The van der Waals surface area contributed by atoms with Crippen molar-refractivity contribution in [3.63, 3.8) is 0 Å². The third kappa shape index (κ3) is 4.74. The fourth-order valence-corrected chi connectivity index (χ4v) is 3.56. The maximum absolute atomic E-state index is 13.1. The molecule has 3 aromatic rings. The fraction of sp³-hybridized carbons (Fsp3) is 0.190. The number of aromatic nitrogens is 1. The monoisotopic (exact) mass is 430 g/mol. The zero-order valence-electron chi connectivity index (χ0n) is 16.5. The van der Waals surface area contributed by atoms with Crippen LogP contribution in [-0.4, -0.2) is 38.2 Å². The smallest absolute Gasteiger partial charge is 0.340 e. The van der Waals surface area contributed by atoms with Gasteiger partial charge in [-0.1, -0.05) is 0 Å². The lowest BCUT2D eigenvalue weighted by atomic mass is 10.1. The van der Waals surface area contributed by atoms with E-state index >= 15 is 0 Å². The highest BCUT2D eigenvalue weighted by atomic mass is 32.1. The predicted octanol–water partition coefficient (Wildman–Crippen LogP) is 3.93. The van der Waals surface area contributed by atoms with Gasteiger partial charge in [0.1, 0.15) is 10.8 Å². The summed E-state index contributed by atoms with van der Waals surface area (Å²) in [5, 5.41) is 5.13. The number of nitrogens with one attached hydrogen (secondary N) is 1. The zero-order chi connectivity index (χ0) is 21.7. The van der Waals surface area contributed by atoms with Gasteiger partial charge in [0.05, 0.1) is 44.7 Å². The highest BCUT2D eigenvalue weighted by Gasteiger charge is 2.19. The molecular weight excluding hydrogens is 411 g/mol. The summed E-state index contributed by atoms with van der Waals surface area (Å²) in [5.74, 6) is -0.639. The van der Waals surface area contributed by atoms with Crippen LogP contribution >= 0.6 is 11.3 Å². The number of carbonyl (C=O) groups excluding carboxylic acids is 2. The molecule has 0 aliphatic heterocycles. The lowest BCUT2D eigenvalue weighted by Crippen LogP contribution is -2.17. The molecule has 3 rings (SSSR count). The van der Waals surface area contributed by atoms with Crippen LogP contribution in [0, 0.1) is 5.82 Å². The molecule has 156 valence electrons. The van der Waals surface area contributed by atoms with Gasteiger partial charge in [-0.3, -0.25) is 4.79 Å². The van der Waals surface area contributed by atoms with Crippen LogP contribution in [0.4, 0.5) is 10.1 Å². The molecule has 0 fully saturated rings. The Morgan fingerprint density at radius 2 is 1.73 bits per heavy atom. The first-order valence-corrected chi connectivity index (χ1v) is 9.67. The quantitative estimate of drug-likeness (QED) is 0.572. The molecule has 0 bridgehead atoms. The molecule has 0 saturated heterocycles. The van der Waals surface area contributed by atoms with Crippen molar-refractivity contribution in [3.05, 3.63) is 58.9 Å². The summed E-state index contributed by atoms with van der Waals surface area (Å²) < 4.78 is 28.3. The second-order valence-corrected chi connectivity index (χ2v) is 6.98. The second kappa shape index (κ2) is 9.36. The minimum absolute atomic E-state index is 0.00729. The Bertz CT molecular complexity index is 1070. The summed E-state index contributed by atoms with van der Waals surface area (Å²) in [5.41, 5.74) is 1.69. The number of hydrogen-bond donors (Lipinski definition) is 1. The Balaban J connectivity index is 1.79. The van der Waals surface area contributed by atoms with Crippen molar-refractivity contribution >= 4 is 28.9 Å². The lowest BCUT2D eigenvalue weighted by molar-refractivity contribution is -0.115. The number of ether oxygens (including phenoxy) is 3. The van der Waals surface area contributed by atoms with E-state index in [0.29, 0.717) is 22.2 Å². The minimum Gasteiger partial charge on any atom is -0.493 e. The third-order valence-electron chi connectivity index (χ3n) is 4.19. The van der Waals surface area contributed by atoms with E-state index in [0.717, 1.165) is 5.56 Å². The minimum atomic E-state index is -0.626. The second-order valence-electron chi connectivity index (χ2n) is 6.12. The molecule has 0 spiro atoms. The Kier molecular flexibility index (Phi) is 6.63. The van der Waals surface area contributed by atoms with Gasteiger partial charge < -0.3 is 19.5 Å². The largest absolute Gasteiger partial charge is 0.493 e. The molecule has 2 aromatic carbocycles. The molecule has 1 aromatic heterocycles. The van der Waals surface area contributed by atoms with E-state index in [-0.39, 0.29) is 29.4 Å². The molecule has 0 saturated carbocycles. The number of amides is 1. The van der Waals surface area contributed by atoms with Crippen LogP contribution in [0.1, 0.15) is 16.1 Å². The van der Waals surface area contributed by atoms with Crippen molar-refractivity contribution in [2.75, 3.05) is 26.6 Å². The van der Waals surface area contributed by atoms with Crippen molar-refractivity contribution in [1.29, 1.82) is 0 Å². The van der Waals surface area contributed by atoms with Gasteiger partial charge in [0.25, 0.3) is 0 Å². The SMILES string of the molecule is COC(=O)c1cc(OC)c(OC)cc1NC(=O)Cc1csc(-c2ccc(F)cc2)n1. The maximum Gasteiger partial charge on any atom is 0.340 e. The van der Waals surface area contributed by atoms with Gasteiger partial charge in [0, 0.05) is 23.1 Å². The molecule has 7 nitrogen and oxygen atoms in total. The van der Waals surface area contributed by atoms with Crippen LogP contribution in [0.15, 0.2) is 41.8 Å². The first-order chi connectivity index (χ1) is 14.4. The summed E-state index contributed by atoms with van der Waals surface area (Å²) in [4.78, 5) is 29.1. The molecule has 0 aliphatic rings. The maximum atomic E-state index is 13.1. The summed E-state index contributed by atoms with van der Waals surface area (Å²) in [6.45, 7) is 0. The number of nitrogens with zero attached hydrogens (tertiary/aromatic N) is 1. The number of esters is 1. The lowest BCUT2D eigenvalue weighted by Gasteiger charge is -2.14. The van der Waals surface area contributed by atoms with E-state index < -0.39 is 5.97 Å². The van der Waals surface area contributed by atoms with E-state index in [9.17, 15) is 14.0 Å². The number of benzene rings is 2. The van der Waals surface area contributed by atoms with Gasteiger partial charge in [-0.15, -0.1) is 11.3 Å². The van der Waals surface area contributed by atoms with E-state index in [2.05, 4.69) is 10.3 Å². The number of anilines is 1. The number of methoxy groups -OCH3 is 3. The van der Waals surface area contributed by atoms with Crippen LogP contribution in [0.25, 0.3) is 10.6 Å². The number of carbonyl (C=O) groups is 2. The Labute approximate surface area is 176 Å². The van der Waals surface area contributed by atoms with Crippen LogP contribution in [-0.2, 0) is 16.0 Å². The van der Waals surface area contributed by atoms with Gasteiger partial charge in [-0.05, 0) is 24.3 Å². The van der Waals surface area contributed by atoms with Gasteiger partial charge >= 0.3 is 5.97 Å². The Morgan fingerprint density at radius 1 is 1.07 bits per heavy atom. The molecule has 0 radical (unpaired) electrons. The molecule has 1 N–H and O–H groups in total. The number of thiazole rings is 1. The first-order valence-electron chi connectivity index (χ1n) is 8.79. The number of halogens is 1. The molecule has 1 heterocycles. The van der Waals surface area contributed by atoms with E-state index in [1.165, 1.54) is 56.9 Å². The van der Waals surface area contributed by atoms with Crippen molar-refractivity contribution < 1.29 is 28.2 Å². The highest BCUT2D eigenvalue weighted by molar-refractivity contribution is 7.13. The van der Waals surface area contributed by atoms with Crippen molar-refractivity contribution in [2.45, 2.75) is 6.42 Å². The van der Waals surface area contributed by atoms with Gasteiger partial charge in [-0.2, -0.15) is 0 Å². The standard InChI is InChI=1S/C21H19FN2O5S/c1-27-17-9-15(21(26)29-3)16(10-18(17)28-2)24-19(25)8-14-11-30-20(23-14)12-4-6-13(22)7-5-12/h4-7,9-11H,8H2,1-3H3,(H,24,25). The van der Waals surface area contributed by atoms with Crippen LogP contribution in [0.3, 0.4) is 0 Å². The van der Waals surface area contributed by atoms with Crippen molar-refractivity contribution in [1.82, 2.24) is 4.98 Å². The summed E-state index contributed by atoms with van der Waals surface area (Å²) in [6.07, 6.45) is -0.00729. The fourth-order valence-electron chi connectivity index (χ4n) is 2.73. The van der Waals surface area contributed by atoms with E-state index in [1.54, 1.807) is 17.5 Å². The van der Waals surface area contributed by atoms with Gasteiger partial charge in [0.2, 0.25) is 5.91 Å². The van der Waals surface area contributed by atoms with Gasteiger partial charge in [-0.25, -0.2) is 14.2 Å². The summed E-state index contributed by atoms with van der Waals surface area (Å²) in [7, 11) is 4.14. The van der Waals surface area contributed by atoms with Crippen molar-refractivity contribution in [3.8, 4) is 22.1 Å². The van der Waals surface area contributed by atoms with Crippen molar-refractivity contribution in [2.24, 2.45) is 0 Å². The molecule has 0 aliphatic carbocycles. The number of rotatable bonds is 7. The molecule has 0 unspecified atom stereocenters. The molecule has 30 heavy (non-hydrogen) atoms. The predicted molar refractivity (Wildman–Crippen MR) is 111 cm³/mol.